The van der Waals surface area contributed by atoms with Gasteiger partial charge < -0.3 is 11.1 Å². The molecule has 98 valence electrons. The van der Waals surface area contributed by atoms with Gasteiger partial charge in [-0.3, -0.25) is 0 Å². The molecule has 0 saturated carbocycles. The Morgan fingerprint density at radius 2 is 2.33 bits per heavy atom. The Kier molecular flexibility index (Phi) is 4.83. The molecular formula is C13H17FN2S2. The van der Waals surface area contributed by atoms with E-state index in [4.69, 9.17) is 18.0 Å². The minimum Gasteiger partial charge on any atom is -0.389 e. The summed E-state index contributed by atoms with van der Waals surface area (Å²) in [7, 11) is 0. The third-order valence-corrected chi connectivity index (χ3v) is 4.66. The molecule has 1 aromatic carbocycles. The number of hydrogen-bond donors (Lipinski definition) is 2. The normalized spacial score (nSPS) is 19.5. The number of nitrogens with one attached hydrogen (secondary N) is 1. The van der Waals surface area contributed by atoms with E-state index in [0.29, 0.717) is 10.8 Å². The second-order valence-electron chi connectivity index (χ2n) is 4.43. The van der Waals surface area contributed by atoms with Crippen LogP contribution in [0.3, 0.4) is 0 Å². The van der Waals surface area contributed by atoms with Crippen LogP contribution in [0.15, 0.2) is 18.2 Å². The Bertz CT molecular complexity index is 431. The van der Waals surface area contributed by atoms with Crippen molar-refractivity contribution in [2.45, 2.75) is 24.5 Å². The lowest BCUT2D eigenvalue weighted by Gasteiger charge is -2.22. The molecule has 1 unspecified atom stereocenters. The number of hydrogen-bond acceptors (Lipinski definition) is 3. The smallest absolute Gasteiger partial charge is 0.135 e. The van der Waals surface area contributed by atoms with E-state index >= 15 is 0 Å². The molecule has 1 fully saturated rings. The van der Waals surface area contributed by atoms with Gasteiger partial charge in [0.2, 0.25) is 0 Å². The van der Waals surface area contributed by atoms with Gasteiger partial charge >= 0.3 is 0 Å². The van der Waals surface area contributed by atoms with E-state index in [9.17, 15) is 4.39 Å². The van der Waals surface area contributed by atoms with Gasteiger partial charge in [-0.15, -0.1) is 0 Å². The van der Waals surface area contributed by atoms with Crippen molar-refractivity contribution < 1.29 is 4.39 Å². The molecule has 1 saturated heterocycles. The number of thiocarbonyl (C=S) groups is 1. The third kappa shape index (κ3) is 3.59. The van der Waals surface area contributed by atoms with Crippen molar-refractivity contribution in [3.63, 3.8) is 0 Å². The van der Waals surface area contributed by atoms with Crippen LogP contribution in [0.1, 0.15) is 24.8 Å². The quantitative estimate of drug-likeness (QED) is 0.833. The van der Waals surface area contributed by atoms with Crippen molar-refractivity contribution in [1.29, 1.82) is 0 Å². The third-order valence-electron chi connectivity index (χ3n) is 3.04. The van der Waals surface area contributed by atoms with E-state index in [1.165, 1.54) is 31.1 Å². The predicted octanol–water partition coefficient (Wildman–Crippen LogP) is 3.16. The highest BCUT2D eigenvalue weighted by Gasteiger charge is 2.13. The van der Waals surface area contributed by atoms with Crippen LogP contribution in [0.25, 0.3) is 0 Å². The van der Waals surface area contributed by atoms with E-state index in [1.807, 2.05) is 17.8 Å². The zero-order valence-corrected chi connectivity index (χ0v) is 11.7. The lowest BCUT2D eigenvalue weighted by atomic mass is 10.1. The topological polar surface area (TPSA) is 38.0 Å². The zero-order chi connectivity index (χ0) is 13.0. The number of halogens is 1. The Labute approximate surface area is 117 Å². The average Bonchev–Trinajstić information content (AvgIpc) is 2.37. The van der Waals surface area contributed by atoms with Crippen molar-refractivity contribution in [3.05, 3.63) is 29.6 Å². The highest BCUT2D eigenvalue weighted by molar-refractivity contribution is 7.99. The number of rotatable bonds is 4. The van der Waals surface area contributed by atoms with Gasteiger partial charge in [-0.25, -0.2) is 4.39 Å². The first-order chi connectivity index (χ1) is 8.66. The molecule has 5 heteroatoms. The molecule has 3 N–H and O–H groups in total. The molecule has 1 atom stereocenters. The lowest BCUT2D eigenvalue weighted by molar-refractivity contribution is 0.625. The van der Waals surface area contributed by atoms with Crippen LogP contribution >= 0.6 is 24.0 Å². The Morgan fingerprint density at radius 1 is 1.50 bits per heavy atom. The van der Waals surface area contributed by atoms with Crippen LogP contribution in [0, 0.1) is 5.82 Å². The average molecular weight is 284 g/mol. The van der Waals surface area contributed by atoms with E-state index < -0.39 is 0 Å². The molecule has 0 radical (unpaired) electrons. The van der Waals surface area contributed by atoms with Crippen molar-refractivity contribution in [3.8, 4) is 0 Å². The van der Waals surface area contributed by atoms with Crippen molar-refractivity contribution in [1.82, 2.24) is 0 Å². The van der Waals surface area contributed by atoms with Gasteiger partial charge in [0, 0.05) is 23.0 Å². The van der Waals surface area contributed by atoms with E-state index in [2.05, 4.69) is 5.32 Å². The fourth-order valence-corrected chi connectivity index (χ4v) is 3.43. The molecule has 2 nitrogen and oxygen atoms in total. The molecule has 0 aromatic heterocycles. The molecular weight excluding hydrogens is 267 g/mol. The summed E-state index contributed by atoms with van der Waals surface area (Å²) in [5.74, 6) is 0.880. The van der Waals surface area contributed by atoms with Gasteiger partial charge in [0.1, 0.15) is 10.8 Å². The summed E-state index contributed by atoms with van der Waals surface area (Å²) >= 11 is 6.77. The van der Waals surface area contributed by atoms with Crippen LogP contribution in [0.5, 0.6) is 0 Å². The Hall–Kier alpha value is -0.810. The highest BCUT2D eigenvalue weighted by atomic mass is 32.2. The van der Waals surface area contributed by atoms with Gasteiger partial charge in [-0.05, 0) is 36.8 Å². The van der Waals surface area contributed by atoms with Crippen molar-refractivity contribution >= 4 is 34.7 Å². The van der Waals surface area contributed by atoms with E-state index in [-0.39, 0.29) is 10.8 Å². The first kappa shape index (κ1) is 13.6. The maximum absolute atomic E-state index is 13.7. The summed E-state index contributed by atoms with van der Waals surface area (Å²) in [4.78, 5) is 0.0990. The molecule has 2 rings (SSSR count). The minimum atomic E-state index is -0.358. The fourth-order valence-electron chi connectivity index (χ4n) is 2.02. The first-order valence-corrected chi connectivity index (χ1v) is 7.57. The molecule has 18 heavy (non-hydrogen) atoms. The molecule has 0 spiro atoms. The van der Waals surface area contributed by atoms with E-state index in [1.54, 1.807) is 6.07 Å². The highest BCUT2D eigenvalue weighted by Crippen LogP contribution is 2.25. The summed E-state index contributed by atoms with van der Waals surface area (Å²) in [6.45, 7) is 0.885. The van der Waals surface area contributed by atoms with Gasteiger partial charge in [0.15, 0.2) is 0 Å². The molecule has 0 bridgehead atoms. The molecule has 1 aromatic rings. The summed E-state index contributed by atoms with van der Waals surface area (Å²) in [5, 5.41) is 3.91. The zero-order valence-electron chi connectivity index (χ0n) is 10.1. The number of benzene rings is 1. The molecule has 0 aliphatic carbocycles. The van der Waals surface area contributed by atoms with Gasteiger partial charge in [0.25, 0.3) is 0 Å². The Balaban J connectivity index is 1.93. The summed E-state index contributed by atoms with van der Waals surface area (Å²) in [6, 6.07) is 4.92. The van der Waals surface area contributed by atoms with Crippen LogP contribution in [0.2, 0.25) is 0 Å². The summed E-state index contributed by atoms with van der Waals surface area (Å²) < 4.78 is 13.7. The standard InChI is InChI=1S/C13H17FN2S2/c14-12-7-9(4-5-11(12)13(15)17)16-8-10-3-1-2-6-18-10/h4-5,7,10,16H,1-3,6,8H2,(H2,15,17). The summed E-state index contributed by atoms with van der Waals surface area (Å²) in [6.07, 6.45) is 3.86. The van der Waals surface area contributed by atoms with Crippen LogP contribution in [-0.2, 0) is 0 Å². The predicted molar refractivity (Wildman–Crippen MR) is 80.9 cm³/mol. The maximum Gasteiger partial charge on any atom is 0.135 e. The van der Waals surface area contributed by atoms with Crippen LogP contribution in [0.4, 0.5) is 10.1 Å². The minimum absolute atomic E-state index is 0.0990. The van der Waals surface area contributed by atoms with Gasteiger partial charge in [-0.2, -0.15) is 11.8 Å². The number of thioether (sulfide) groups is 1. The van der Waals surface area contributed by atoms with E-state index in [0.717, 1.165) is 12.2 Å². The number of anilines is 1. The number of nitrogens with two attached hydrogens (primary N) is 1. The second-order valence-corrected chi connectivity index (χ2v) is 6.28. The van der Waals surface area contributed by atoms with Gasteiger partial charge in [-0.1, -0.05) is 18.6 Å². The fraction of sp³-hybridized carbons (Fsp3) is 0.462. The lowest BCUT2D eigenvalue weighted by Crippen LogP contribution is -2.20. The largest absolute Gasteiger partial charge is 0.389 e. The molecule has 1 aliphatic heterocycles. The monoisotopic (exact) mass is 284 g/mol. The molecule has 1 aliphatic rings. The maximum atomic E-state index is 13.7. The van der Waals surface area contributed by atoms with Crippen molar-refractivity contribution in [2.75, 3.05) is 17.6 Å². The Morgan fingerprint density at radius 3 is 2.94 bits per heavy atom. The van der Waals surface area contributed by atoms with Crippen LogP contribution < -0.4 is 11.1 Å². The molecule has 1 heterocycles. The van der Waals surface area contributed by atoms with Crippen LogP contribution in [-0.4, -0.2) is 22.5 Å². The first-order valence-electron chi connectivity index (χ1n) is 6.11. The van der Waals surface area contributed by atoms with Gasteiger partial charge in [0.05, 0.1) is 0 Å². The second kappa shape index (κ2) is 6.38. The van der Waals surface area contributed by atoms with Crippen molar-refractivity contribution in [2.24, 2.45) is 5.73 Å². The SMILES string of the molecule is NC(=S)c1ccc(NCC2CCCCS2)cc1F. The molecule has 0 amide bonds. The summed E-state index contributed by atoms with van der Waals surface area (Å²) in [5.41, 5.74) is 6.52.